The predicted molar refractivity (Wildman–Crippen MR) is 83.2 cm³/mol. The van der Waals surface area contributed by atoms with Gasteiger partial charge >= 0.3 is 0 Å². The Balaban J connectivity index is 1.64. The van der Waals surface area contributed by atoms with E-state index in [1.54, 1.807) is 6.33 Å². The number of nitrogens with zero attached hydrogens (tertiary/aromatic N) is 5. The van der Waals surface area contributed by atoms with E-state index in [4.69, 9.17) is 0 Å². The van der Waals surface area contributed by atoms with Gasteiger partial charge in [0, 0.05) is 25.8 Å². The molecule has 0 aromatic carbocycles. The minimum absolute atomic E-state index is 0.0540. The van der Waals surface area contributed by atoms with Crippen LogP contribution in [0.1, 0.15) is 39.2 Å². The molecule has 1 amide bonds. The molecule has 118 valence electrons. The normalized spacial score (nSPS) is 30.8. The Labute approximate surface area is 130 Å². The van der Waals surface area contributed by atoms with E-state index < -0.39 is 0 Å². The molecule has 6 nitrogen and oxygen atoms in total. The van der Waals surface area contributed by atoms with E-state index in [-0.39, 0.29) is 11.9 Å². The lowest BCUT2D eigenvalue weighted by atomic mass is 10.0. The lowest BCUT2D eigenvalue weighted by molar-refractivity contribution is -0.127. The zero-order valence-electron chi connectivity index (χ0n) is 13.5. The van der Waals surface area contributed by atoms with Crippen molar-refractivity contribution in [2.45, 2.75) is 39.2 Å². The van der Waals surface area contributed by atoms with Gasteiger partial charge in [0.1, 0.15) is 6.33 Å². The molecule has 1 aromatic heterocycles. The maximum Gasteiger partial charge on any atom is 0.253 e. The minimum Gasteiger partial charge on any atom is -0.338 e. The smallest absolute Gasteiger partial charge is 0.253 e. The first-order valence-corrected chi connectivity index (χ1v) is 8.21. The van der Waals surface area contributed by atoms with Crippen LogP contribution in [0.15, 0.2) is 17.6 Å². The van der Waals surface area contributed by atoms with E-state index in [2.05, 4.69) is 15.0 Å². The highest BCUT2D eigenvalue weighted by Gasteiger charge is 2.41. The quantitative estimate of drug-likeness (QED) is 0.794. The van der Waals surface area contributed by atoms with Crippen molar-refractivity contribution in [1.82, 2.24) is 19.7 Å². The molecule has 0 unspecified atom stereocenters. The lowest BCUT2D eigenvalue weighted by Crippen LogP contribution is -2.39. The van der Waals surface area contributed by atoms with Crippen molar-refractivity contribution in [2.75, 3.05) is 25.0 Å². The van der Waals surface area contributed by atoms with Gasteiger partial charge in [-0.15, -0.1) is 0 Å². The second-order valence-electron chi connectivity index (χ2n) is 6.90. The number of carbonyl (C=O) groups is 1. The zero-order chi connectivity index (χ0) is 15.4. The van der Waals surface area contributed by atoms with Crippen LogP contribution >= 0.6 is 0 Å². The first-order valence-electron chi connectivity index (χ1n) is 8.21. The molecule has 0 N–H and O–H groups in total. The van der Waals surface area contributed by atoms with E-state index in [0.717, 1.165) is 42.1 Å². The Bertz CT molecular complexity index is 637. The Morgan fingerprint density at radius 1 is 1.27 bits per heavy atom. The number of rotatable bonds is 1. The van der Waals surface area contributed by atoms with Gasteiger partial charge in [-0.25, -0.2) is 4.68 Å². The highest BCUT2D eigenvalue weighted by Crippen LogP contribution is 2.40. The molecule has 1 saturated carbocycles. The molecule has 3 atom stereocenters. The molecule has 0 radical (unpaired) electrons. The Hall–Kier alpha value is -1.85. The Morgan fingerprint density at radius 2 is 1.95 bits per heavy atom. The van der Waals surface area contributed by atoms with Gasteiger partial charge < -0.3 is 9.80 Å². The van der Waals surface area contributed by atoms with Gasteiger partial charge in [0.15, 0.2) is 0 Å². The molecule has 4 rings (SSSR count). The molecular formula is C16H23N5O. The van der Waals surface area contributed by atoms with Gasteiger partial charge in [0.25, 0.3) is 5.91 Å². The molecule has 2 fully saturated rings. The van der Waals surface area contributed by atoms with Crippen LogP contribution in [0.5, 0.6) is 0 Å². The Kier molecular flexibility index (Phi) is 3.03. The van der Waals surface area contributed by atoms with Gasteiger partial charge in [-0.05, 0) is 38.5 Å². The van der Waals surface area contributed by atoms with Gasteiger partial charge in [0.05, 0.1) is 11.6 Å². The second kappa shape index (κ2) is 4.83. The third-order valence-corrected chi connectivity index (χ3v) is 5.78. The summed E-state index contributed by atoms with van der Waals surface area (Å²) in [6.07, 6.45) is 5.47. The Morgan fingerprint density at radius 3 is 2.64 bits per heavy atom. The summed E-state index contributed by atoms with van der Waals surface area (Å²) >= 11 is 0. The monoisotopic (exact) mass is 301 g/mol. The first-order chi connectivity index (χ1) is 10.6. The molecule has 6 heteroatoms. The maximum atomic E-state index is 13.1. The van der Waals surface area contributed by atoms with Crippen molar-refractivity contribution in [1.29, 1.82) is 0 Å². The predicted octanol–water partition coefficient (Wildman–Crippen LogP) is 1.82. The fraction of sp³-hybridized carbons (Fsp3) is 0.688. The topological polar surface area (TPSA) is 54.3 Å². The van der Waals surface area contributed by atoms with E-state index in [1.807, 2.05) is 30.5 Å². The van der Waals surface area contributed by atoms with E-state index in [1.165, 1.54) is 19.3 Å². The van der Waals surface area contributed by atoms with Crippen LogP contribution in [0.25, 0.3) is 0 Å². The third-order valence-electron chi connectivity index (χ3n) is 5.78. The van der Waals surface area contributed by atoms with Crippen LogP contribution < -0.4 is 4.90 Å². The summed E-state index contributed by atoms with van der Waals surface area (Å²) in [7, 11) is 1.95. The fourth-order valence-electron chi connectivity index (χ4n) is 4.42. The second-order valence-corrected chi connectivity index (χ2v) is 6.90. The third kappa shape index (κ3) is 1.82. The summed E-state index contributed by atoms with van der Waals surface area (Å²) in [4.78, 5) is 21.4. The summed E-state index contributed by atoms with van der Waals surface area (Å²) in [5.41, 5.74) is 1.86. The largest absolute Gasteiger partial charge is 0.338 e. The average Bonchev–Trinajstić information content (AvgIpc) is 3.19. The number of hydrogen-bond donors (Lipinski definition) is 0. The number of anilines is 1. The van der Waals surface area contributed by atoms with Crippen molar-refractivity contribution < 1.29 is 4.79 Å². The lowest BCUT2D eigenvalue weighted by Gasteiger charge is -2.33. The highest BCUT2D eigenvalue weighted by molar-refractivity contribution is 5.96. The van der Waals surface area contributed by atoms with Gasteiger partial charge in [-0.3, -0.25) is 4.79 Å². The SMILES string of the molecule is CC1=C(C(=O)N2C[C@@H]3CCC[C@H]3C2)[C@H](C)n2ncnc2N1C. The molecule has 1 aromatic rings. The molecule has 0 bridgehead atoms. The summed E-state index contributed by atoms with van der Waals surface area (Å²) in [6.45, 7) is 5.92. The molecule has 0 spiro atoms. The number of allylic oxidation sites excluding steroid dienone is 1. The van der Waals surface area contributed by atoms with Gasteiger partial charge in [0.2, 0.25) is 5.95 Å². The van der Waals surface area contributed by atoms with Crippen LogP contribution in [0, 0.1) is 11.8 Å². The van der Waals surface area contributed by atoms with Crippen LogP contribution in [0.3, 0.4) is 0 Å². The van der Waals surface area contributed by atoms with Crippen molar-refractivity contribution in [2.24, 2.45) is 11.8 Å². The highest BCUT2D eigenvalue weighted by atomic mass is 16.2. The van der Waals surface area contributed by atoms with Crippen molar-refractivity contribution in [3.8, 4) is 0 Å². The van der Waals surface area contributed by atoms with Crippen molar-refractivity contribution in [3.63, 3.8) is 0 Å². The van der Waals surface area contributed by atoms with Crippen LogP contribution in [0.4, 0.5) is 5.95 Å². The molecule has 22 heavy (non-hydrogen) atoms. The van der Waals surface area contributed by atoms with Crippen LogP contribution in [0.2, 0.25) is 0 Å². The number of aromatic nitrogens is 3. The summed E-state index contributed by atoms with van der Waals surface area (Å²) < 4.78 is 1.84. The number of fused-ring (bicyclic) bond motifs is 2. The number of carbonyl (C=O) groups excluding carboxylic acids is 1. The number of amides is 1. The molecule has 3 heterocycles. The van der Waals surface area contributed by atoms with Crippen molar-refractivity contribution >= 4 is 11.9 Å². The van der Waals surface area contributed by atoms with E-state index >= 15 is 0 Å². The maximum absolute atomic E-state index is 13.1. The molecule has 3 aliphatic rings. The van der Waals surface area contributed by atoms with Crippen molar-refractivity contribution in [3.05, 3.63) is 17.6 Å². The summed E-state index contributed by atoms with van der Waals surface area (Å²) in [5.74, 6) is 2.44. The van der Waals surface area contributed by atoms with Gasteiger partial charge in [-0.2, -0.15) is 10.1 Å². The minimum atomic E-state index is -0.0540. The molecule has 1 saturated heterocycles. The average molecular weight is 301 g/mol. The number of likely N-dealkylation sites (tertiary alicyclic amines) is 1. The van der Waals surface area contributed by atoms with Crippen LogP contribution in [-0.4, -0.2) is 45.7 Å². The molecular weight excluding hydrogens is 278 g/mol. The standard InChI is InChI=1S/C16H23N5O/c1-10-14(11(2)21-16(19(10)3)17-9-18-21)15(22)20-7-12-5-4-6-13(12)8-20/h9,11-13H,4-8H2,1-3H3/t11-,12-,13-/m0/s1. The zero-order valence-corrected chi connectivity index (χ0v) is 13.5. The van der Waals surface area contributed by atoms with E-state index in [0.29, 0.717) is 0 Å². The number of hydrogen-bond acceptors (Lipinski definition) is 4. The summed E-state index contributed by atoms with van der Waals surface area (Å²) in [5, 5.41) is 4.30. The molecule has 2 aliphatic heterocycles. The van der Waals surface area contributed by atoms with Crippen LogP contribution in [-0.2, 0) is 4.79 Å². The first kappa shape index (κ1) is 13.8. The summed E-state index contributed by atoms with van der Waals surface area (Å²) in [6, 6.07) is -0.0540. The fourth-order valence-corrected chi connectivity index (χ4v) is 4.42. The van der Waals surface area contributed by atoms with E-state index in [9.17, 15) is 4.79 Å². The van der Waals surface area contributed by atoms with Gasteiger partial charge in [-0.1, -0.05) is 6.42 Å². The molecule has 1 aliphatic carbocycles.